The van der Waals surface area contributed by atoms with Gasteiger partial charge in [-0.05, 0) is 117 Å². The molecule has 3 heterocycles. The summed E-state index contributed by atoms with van der Waals surface area (Å²) in [6, 6.07) is 43.7. The summed E-state index contributed by atoms with van der Waals surface area (Å²) in [5, 5.41) is 2.24. The normalized spacial score (nSPS) is 13.3. The Hall–Kier alpha value is -7.24. The summed E-state index contributed by atoms with van der Waals surface area (Å²) in [6.45, 7) is 19.7. The molecule has 0 atom stereocenters. The van der Waals surface area contributed by atoms with Gasteiger partial charge in [0, 0.05) is 23.0 Å². The standard InChI is InChI=1S/C60H56N4O/c1-39(2)42-30-31-61-56(34-42)64-53-26-14-13-23-51(53)52-29-28-48(37-55(52)64)65-47-22-16-21-46(36-47)62-38-63(57-40(3)18-15-27-54(57)62)58-49(41-19-11-10-12-20-41)24-17-25-50(58)43-32-44(59(4,5)6)35-45(33-43)60(7,8)9/h10-37,39H,1-9H3/i10D,11D,12D,19D,20D. The molecule has 0 saturated heterocycles. The van der Waals surface area contributed by atoms with Crippen molar-refractivity contribution in [3.05, 3.63) is 198 Å². The lowest BCUT2D eigenvalue weighted by Gasteiger charge is -2.27. The van der Waals surface area contributed by atoms with Gasteiger partial charge >= 0.3 is 0 Å². The molecule has 10 aromatic rings. The van der Waals surface area contributed by atoms with Gasteiger partial charge in [-0.3, -0.25) is 13.7 Å². The molecule has 0 aliphatic rings. The van der Waals surface area contributed by atoms with E-state index in [4.69, 9.17) is 13.8 Å². The molecule has 0 bridgehead atoms. The quantitative estimate of drug-likeness (QED) is 0.113. The second-order valence-corrected chi connectivity index (χ2v) is 19.4. The van der Waals surface area contributed by atoms with Crippen LogP contribution in [0.1, 0.15) is 90.4 Å². The van der Waals surface area contributed by atoms with Gasteiger partial charge in [-0.2, -0.15) is 0 Å². The summed E-state index contributed by atoms with van der Waals surface area (Å²) in [6.07, 6.45) is 5.62. The molecular formula is C60H56N4O. The minimum atomic E-state index is -0.436. The van der Waals surface area contributed by atoms with Crippen molar-refractivity contribution in [3.63, 3.8) is 0 Å². The van der Waals surface area contributed by atoms with Crippen LogP contribution in [-0.2, 0) is 10.8 Å². The molecule has 0 aliphatic carbocycles. The average Bonchev–Trinajstić information content (AvgIpc) is 3.89. The van der Waals surface area contributed by atoms with Gasteiger partial charge < -0.3 is 4.74 Å². The maximum absolute atomic E-state index is 9.24. The first-order valence-electron chi connectivity index (χ1n) is 24.9. The van der Waals surface area contributed by atoms with E-state index >= 15 is 0 Å². The number of rotatable bonds is 8. The Morgan fingerprint density at radius 2 is 1.29 bits per heavy atom. The van der Waals surface area contributed by atoms with Crippen LogP contribution in [0.4, 0.5) is 0 Å². The fraction of sp³-hybridized carbons (Fsp3) is 0.200. The number of para-hydroxylation sites is 3. The SMILES string of the molecule is [2H]c1c([2H])c([2H])c(-c2cccc(-c3cc(C(C)(C)C)cc(C(C)(C)C)c3)c2-[n+]2[c-]n(-c3cccc(Oc4ccc5c6ccccc6n(-c6cc(C(C)C)ccn6)c5c4)c3)c3cccc(C)c32)c([2H])c1[2H]. The van der Waals surface area contributed by atoms with Gasteiger partial charge in [-0.25, -0.2) is 4.98 Å². The third-order valence-electron chi connectivity index (χ3n) is 12.5. The van der Waals surface area contributed by atoms with Crippen molar-refractivity contribution in [2.75, 3.05) is 0 Å². The summed E-state index contributed by atoms with van der Waals surface area (Å²) in [4.78, 5) is 4.84. The molecule has 0 fully saturated rings. The first-order valence-corrected chi connectivity index (χ1v) is 22.4. The van der Waals surface area contributed by atoms with Gasteiger partial charge in [0.05, 0.1) is 40.3 Å². The lowest BCUT2D eigenvalue weighted by atomic mass is 9.78. The molecular weight excluding hydrogens is 793 g/mol. The molecule has 0 aliphatic heterocycles. The molecule has 0 saturated carbocycles. The first kappa shape index (κ1) is 36.1. The van der Waals surface area contributed by atoms with Gasteiger partial charge in [0.15, 0.2) is 0 Å². The highest BCUT2D eigenvalue weighted by molar-refractivity contribution is 6.09. The zero-order valence-electron chi connectivity index (χ0n) is 43.6. The summed E-state index contributed by atoms with van der Waals surface area (Å²) in [5.74, 6) is 2.50. The fourth-order valence-corrected chi connectivity index (χ4v) is 8.93. The van der Waals surface area contributed by atoms with Crippen LogP contribution in [-0.4, -0.2) is 14.1 Å². The highest BCUT2D eigenvalue weighted by Gasteiger charge is 2.25. The Morgan fingerprint density at radius 1 is 0.631 bits per heavy atom. The molecule has 5 nitrogen and oxygen atoms in total. The van der Waals surface area contributed by atoms with Crippen LogP contribution >= 0.6 is 0 Å². The highest BCUT2D eigenvalue weighted by Crippen LogP contribution is 2.40. The van der Waals surface area contributed by atoms with Crippen LogP contribution in [0, 0.1) is 13.3 Å². The van der Waals surface area contributed by atoms with Crippen LogP contribution in [0.5, 0.6) is 11.5 Å². The molecule has 65 heavy (non-hydrogen) atoms. The number of aromatic nitrogens is 4. The Kier molecular flexibility index (Phi) is 8.94. The number of aryl methyl sites for hydroxylation is 1. The monoisotopic (exact) mass is 853 g/mol. The Bertz CT molecular complexity index is 3660. The number of fused-ring (bicyclic) bond motifs is 4. The van der Waals surface area contributed by atoms with Gasteiger partial charge in [0.2, 0.25) is 0 Å². The maximum Gasteiger partial charge on any atom is 0.269 e. The van der Waals surface area contributed by atoms with E-state index in [1.165, 1.54) is 5.56 Å². The van der Waals surface area contributed by atoms with Gasteiger partial charge in [-0.1, -0.05) is 164 Å². The summed E-state index contributed by atoms with van der Waals surface area (Å²) in [7, 11) is 0. The summed E-state index contributed by atoms with van der Waals surface area (Å²) < 4.78 is 57.4. The number of nitrogens with zero attached hydrogens (tertiary/aromatic N) is 4. The molecule has 3 aromatic heterocycles. The van der Waals surface area contributed by atoms with E-state index in [1.807, 2.05) is 63.9 Å². The molecule has 0 spiro atoms. The van der Waals surface area contributed by atoms with E-state index in [0.717, 1.165) is 72.2 Å². The average molecular weight is 854 g/mol. The second-order valence-electron chi connectivity index (χ2n) is 19.4. The molecule has 0 unspecified atom stereocenters. The van der Waals surface area contributed by atoms with Gasteiger partial charge in [-0.15, -0.1) is 0 Å². The molecule has 7 aromatic carbocycles. The van der Waals surface area contributed by atoms with Gasteiger partial charge in [0.1, 0.15) is 17.3 Å². The molecule has 0 amide bonds. The van der Waals surface area contributed by atoms with Crippen molar-refractivity contribution < 1.29 is 16.2 Å². The second kappa shape index (κ2) is 16.1. The molecule has 322 valence electrons. The van der Waals surface area contributed by atoms with E-state index in [2.05, 4.69) is 158 Å². The number of hydrogen-bond donors (Lipinski definition) is 0. The van der Waals surface area contributed by atoms with Crippen molar-refractivity contribution in [3.8, 4) is 50.9 Å². The molecule has 0 radical (unpaired) electrons. The van der Waals surface area contributed by atoms with Crippen LogP contribution in [0.25, 0.3) is 72.3 Å². The first-order chi connectivity index (χ1) is 33.3. The third kappa shape index (κ3) is 7.69. The Morgan fingerprint density at radius 3 is 2.03 bits per heavy atom. The van der Waals surface area contributed by atoms with E-state index in [0.29, 0.717) is 28.7 Å². The van der Waals surface area contributed by atoms with Crippen molar-refractivity contribution in [1.82, 2.24) is 14.1 Å². The Labute approximate surface area is 390 Å². The number of ether oxygens (including phenoxy) is 1. The Balaban J connectivity index is 1.17. The highest BCUT2D eigenvalue weighted by atomic mass is 16.5. The van der Waals surface area contributed by atoms with E-state index in [9.17, 15) is 2.74 Å². The lowest BCUT2D eigenvalue weighted by Crippen LogP contribution is -2.32. The van der Waals surface area contributed by atoms with E-state index < -0.39 is 6.04 Å². The zero-order chi connectivity index (χ0) is 49.6. The van der Waals surface area contributed by atoms with E-state index in [-0.39, 0.29) is 40.6 Å². The van der Waals surface area contributed by atoms with Crippen LogP contribution < -0.4 is 9.30 Å². The predicted octanol–water partition coefficient (Wildman–Crippen LogP) is 15.4. The number of pyridine rings is 1. The minimum Gasteiger partial charge on any atom is -0.458 e. The predicted molar refractivity (Wildman–Crippen MR) is 269 cm³/mol. The summed E-state index contributed by atoms with van der Waals surface area (Å²) >= 11 is 0. The van der Waals surface area contributed by atoms with Crippen LogP contribution in [0.3, 0.4) is 0 Å². The molecule has 0 N–H and O–H groups in total. The van der Waals surface area contributed by atoms with Crippen LogP contribution in [0.2, 0.25) is 0 Å². The third-order valence-corrected chi connectivity index (χ3v) is 12.5. The molecule has 5 heteroatoms. The summed E-state index contributed by atoms with van der Waals surface area (Å²) in [5.41, 5.74) is 11.8. The smallest absolute Gasteiger partial charge is 0.269 e. The minimum absolute atomic E-state index is 0.121. The number of benzene rings is 7. The van der Waals surface area contributed by atoms with Gasteiger partial charge in [0.25, 0.3) is 6.33 Å². The number of imidazole rings is 1. The number of hydrogen-bond acceptors (Lipinski definition) is 2. The maximum atomic E-state index is 9.24. The largest absolute Gasteiger partial charge is 0.458 e. The van der Waals surface area contributed by atoms with Crippen molar-refractivity contribution in [2.45, 2.75) is 79.1 Å². The van der Waals surface area contributed by atoms with E-state index in [1.54, 1.807) is 0 Å². The lowest BCUT2D eigenvalue weighted by molar-refractivity contribution is -0.571. The topological polar surface area (TPSA) is 35.9 Å². The van der Waals surface area contributed by atoms with Crippen molar-refractivity contribution in [2.24, 2.45) is 0 Å². The fourth-order valence-electron chi connectivity index (χ4n) is 8.93. The van der Waals surface area contributed by atoms with Crippen molar-refractivity contribution >= 4 is 32.8 Å². The van der Waals surface area contributed by atoms with Crippen molar-refractivity contribution in [1.29, 1.82) is 0 Å². The molecule has 10 rings (SSSR count). The zero-order valence-corrected chi connectivity index (χ0v) is 38.6. The van der Waals surface area contributed by atoms with Crippen LogP contribution in [0.15, 0.2) is 170 Å².